The van der Waals surface area contributed by atoms with E-state index in [-0.39, 0.29) is 17.1 Å². The summed E-state index contributed by atoms with van der Waals surface area (Å²) in [6.45, 7) is 1.46. The maximum atomic E-state index is 12.5. The molecule has 1 aromatic heterocycles. The summed E-state index contributed by atoms with van der Waals surface area (Å²) >= 11 is 0. The molecule has 10 heteroatoms. The molecule has 0 fully saturated rings. The van der Waals surface area contributed by atoms with Crippen molar-refractivity contribution in [3.05, 3.63) is 81.6 Å². The number of ether oxygens (including phenoxy) is 1. The number of esters is 1. The molecule has 10 nitrogen and oxygen atoms in total. The van der Waals surface area contributed by atoms with Gasteiger partial charge in [-0.1, -0.05) is 35.5 Å². The van der Waals surface area contributed by atoms with Crippen LogP contribution in [0.4, 0.5) is 17.2 Å². The van der Waals surface area contributed by atoms with Crippen molar-refractivity contribution in [3.8, 4) is 0 Å². The number of aromatic nitrogens is 1. The summed E-state index contributed by atoms with van der Waals surface area (Å²) in [6.07, 6.45) is 0. The van der Waals surface area contributed by atoms with E-state index in [1.807, 2.05) is 30.3 Å². The van der Waals surface area contributed by atoms with E-state index in [0.717, 1.165) is 11.6 Å². The van der Waals surface area contributed by atoms with Crippen molar-refractivity contribution in [2.24, 2.45) is 0 Å². The number of nitrogens with zero attached hydrogens (tertiary/aromatic N) is 2. The van der Waals surface area contributed by atoms with Gasteiger partial charge in [0.2, 0.25) is 0 Å². The standard InChI is InChI=1S/C20H18N4O6/c1-13-9-18(23-30-13)22-19(25)12-29-20(26)16-10-15(24(27)28)7-8-17(16)21-11-14-5-3-2-4-6-14/h2-10,21H,11-12H2,1H3,(H,22,23,25). The smallest absolute Gasteiger partial charge is 0.341 e. The van der Waals surface area contributed by atoms with E-state index in [1.165, 1.54) is 18.2 Å². The zero-order valence-corrected chi connectivity index (χ0v) is 16.0. The quantitative estimate of drug-likeness (QED) is 0.328. The molecule has 0 spiro atoms. The van der Waals surface area contributed by atoms with Crippen LogP contribution in [0, 0.1) is 17.0 Å². The number of carbonyl (C=O) groups is 2. The maximum absolute atomic E-state index is 12.5. The molecular formula is C20H18N4O6. The van der Waals surface area contributed by atoms with Crippen molar-refractivity contribution in [3.63, 3.8) is 0 Å². The number of non-ortho nitro benzene ring substituents is 1. The van der Waals surface area contributed by atoms with E-state index in [4.69, 9.17) is 9.26 Å². The first-order valence-electron chi connectivity index (χ1n) is 8.89. The molecule has 3 rings (SSSR count). The molecule has 0 bridgehead atoms. The SMILES string of the molecule is Cc1cc(NC(=O)COC(=O)c2cc([N+](=O)[O-])ccc2NCc2ccccc2)no1. The van der Waals surface area contributed by atoms with Crippen molar-refractivity contribution in [2.75, 3.05) is 17.2 Å². The fourth-order valence-corrected chi connectivity index (χ4v) is 2.58. The maximum Gasteiger partial charge on any atom is 0.341 e. The third-order valence-electron chi connectivity index (χ3n) is 3.99. The summed E-state index contributed by atoms with van der Waals surface area (Å²) in [5.74, 6) is -0.802. The monoisotopic (exact) mass is 410 g/mol. The Labute approximate surface area is 171 Å². The molecule has 1 heterocycles. The summed E-state index contributed by atoms with van der Waals surface area (Å²) in [4.78, 5) is 34.9. The van der Waals surface area contributed by atoms with E-state index in [0.29, 0.717) is 18.0 Å². The van der Waals surface area contributed by atoms with E-state index < -0.39 is 23.4 Å². The summed E-state index contributed by atoms with van der Waals surface area (Å²) in [5, 5.41) is 20.2. The molecular weight excluding hydrogens is 392 g/mol. The molecule has 0 saturated heterocycles. The number of anilines is 2. The minimum absolute atomic E-state index is 0.0507. The van der Waals surface area contributed by atoms with Crippen molar-refractivity contribution < 1.29 is 23.8 Å². The summed E-state index contributed by atoms with van der Waals surface area (Å²) < 4.78 is 9.85. The second-order valence-electron chi connectivity index (χ2n) is 6.27. The lowest BCUT2D eigenvalue weighted by Gasteiger charge is -2.12. The molecule has 1 amide bonds. The average Bonchev–Trinajstić information content (AvgIpc) is 3.15. The number of rotatable bonds is 8. The molecule has 0 aliphatic rings. The normalized spacial score (nSPS) is 10.3. The van der Waals surface area contributed by atoms with Crippen molar-refractivity contribution in [1.82, 2.24) is 5.16 Å². The van der Waals surface area contributed by atoms with Crippen LogP contribution in [0.25, 0.3) is 0 Å². The lowest BCUT2D eigenvalue weighted by atomic mass is 10.1. The fraction of sp³-hybridized carbons (Fsp3) is 0.150. The predicted molar refractivity (Wildman–Crippen MR) is 107 cm³/mol. The predicted octanol–water partition coefficient (Wildman–Crippen LogP) is 3.30. The second kappa shape index (κ2) is 9.32. The van der Waals surface area contributed by atoms with Gasteiger partial charge in [-0.15, -0.1) is 0 Å². The van der Waals surface area contributed by atoms with Gasteiger partial charge in [-0.05, 0) is 18.6 Å². The minimum atomic E-state index is -0.874. The van der Waals surface area contributed by atoms with Crippen LogP contribution in [-0.2, 0) is 16.1 Å². The zero-order valence-electron chi connectivity index (χ0n) is 16.0. The number of nitro benzene ring substituents is 1. The average molecular weight is 410 g/mol. The largest absolute Gasteiger partial charge is 0.452 e. The van der Waals surface area contributed by atoms with Gasteiger partial charge in [0.1, 0.15) is 5.76 Å². The Kier molecular flexibility index (Phi) is 6.38. The Morgan fingerprint density at radius 2 is 1.93 bits per heavy atom. The number of nitrogens with one attached hydrogen (secondary N) is 2. The zero-order chi connectivity index (χ0) is 21.5. The summed E-state index contributed by atoms with van der Waals surface area (Å²) in [7, 11) is 0. The van der Waals surface area contributed by atoms with Crippen LogP contribution < -0.4 is 10.6 Å². The fourth-order valence-electron chi connectivity index (χ4n) is 2.58. The highest BCUT2D eigenvalue weighted by Gasteiger charge is 2.19. The number of hydrogen-bond acceptors (Lipinski definition) is 8. The highest BCUT2D eigenvalue weighted by atomic mass is 16.6. The number of hydrogen-bond donors (Lipinski definition) is 2. The Morgan fingerprint density at radius 1 is 1.17 bits per heavy atom. The van der Waals surface area contributed by atoms with Gasteiger partial charge in [0, 0.05) is 30.4 Å². The van der Waals surface area contributed by atoms with Crippen molar-refractivity contribution in [1.29, 1.82) is 0 Å². The topological polar surface area (TPSA) is 137 Å². The number of benzene rings is 2. The molecule has 0 atom stereocenters. The number of nitro groups is 1. The first-order chi connectivity index (χ1) is 14.4. The summed E-state index contributed by atoms with van der Waals surface area (Å²) in [5.41, 5.74) is 0.986. The van der Waals surface area contributed by atoms with Crippen LogP contribution in [0.3, 0.4) is 0 Å². The van der Waals surface area contributed by atoms with Gasteiger partial charge in [0.05, 0.1) is 10.5 Å². The lowest BCUT2D eigenvalue weighted by molar-refractivity contribution is -0.384. The Morgan fingerprint density at radius 3 is 2.60 bits per heavy atom. The molecule has 0 saturated carbocycles. The Hall–Kier alpha value is -4.21. The van der Waals surface area contributed by atoms with Gasteiger partial charge in [0.15, 0.2) is 12.4 Å². The van der Waals surface area contributed by atoms with Crippen molar-refractivity contribution >= 4 is 29.1 Å². The van der Waals surface area contributed by atoms with Gasteiger partial charge in [-0.25, -0.2) is 4.79 Å². The highest BCUT2D eigenvalue weighted by molar-refractivity contribution is 5.98. The van der Waals surface area contributed by atoms with E-state index in [1.54, 1.807) is 6.92 Å². The number of aryl methyl sites for hydroxylation is 1. The molecule has 0 radical (unpaired) electrons. The Bertz CT molecular complexity index is 1060. The van der Waals surface area contributed by atoms with Crippen LogP contribution in [-0.4, -0.2) is 28.6 Å². The number of amides is 1. The van der Waals surface area contributed by atoms with Gasteiger partial charge >= 0.3 is 5.97 Å². The minimum Gasteiger partial charge on any atom is -0.452 e. The molecule has 0 aliphatic carbocycles. The second-order valence-corrected chi connectivity index (χ2v) is 6.27. The van der Waals surface area contributed by atoms with Gasteiger partial charge in [-0.2, -0.15) is 0 Å². The molecule has 0 unspecified atom stereocenters. The molecule has 0 aliphatic heterocycles. The third-order valence-corrected chi connectivity index (χ3v) is 3.99. The van der Waals surface area contributed by atoms with Crippen molar-refractivity contribution in [2.45, 2.75) is 13.5 Å². The molecule has 3 aromatic rings. The molecule has 154 valence electrons. The van der Waals surface area contributed by atoms with Gasteiger partial charge < -0.3 is 19.9 Å². The summed E-state index contributed by atoms with van der Waals surface area (Å²) in [6, 6.07) is 14.7. The Balaban J connectivity index is 1.69. The third kappa shape index (κ3) is 5.41. The molecule has 2 N–H and O–H groups in total. The van der Waals surface area contributed by atoms with Crippen LogP contribution >= 0.6 is 0 Å². The number of carbonyl (C=O) groups excluding carboxylic acids is 2. The first-order valence-corrected chi connectivity index (χ1v) is 8.89. The van der Waals surface area contributed by atoms with E-state index >= 15 is 0 Å². The lowest BCUT2D eigenvalue weighted by Crippen LogP contribution is -2.21. The van der Waals surface area contributed by atoms with Crippen LogP contribution in [0.1, 0.15) is 21.7 Å². The van der Waals surface area contributed by atoms with Crippen LogP contribution in [0.5, 0.6) is 0 Å². The van der Waals surface area contributed by atoms with E-state index in [9.17, 15) is 19.7 Å². The van der Waals surface area contributed by atoms with Gasteiger partial charge in [0.25, 0.3) is 11.6 Å². The first kappa shape index (κ1) is 20.5. The van der Waals surface area contributed by atoms with Gasteiger partial charge in [-0.3, -0.25) is 14.9 Å². The van der Waals surface area contributed by atoms with Crippen LogP contribution in [0.15, 0.2) is 59.1 Å². The molecule has 30 heavy (non-hydrogen) atoms. The molecule has 2 aromatic carbocycles. The van der Waals surface area contributed by atoms with Crippen LogP contribution in [0.2, 0.25) is 0 Å². The highest BCUT2D eigenvalue weighted by Crippen LogP contribution is 2.24. The van der Waals surface area contributed by atoms with E-state index in [2.05, 4.69) is 15.8 Å².